The summed E-state index contributed by atoms with van der Waals surface area (Å²) in [6.45, 7) is 6.99. The molecule has 0 saturated carbocycles. The maximum Gasteiger partial charge on any atom is 0.120 e. The first-order valence-corrected chi connectivity index (χ1v) is 6.28. The van der Waals surface area contributed by atoms with E-state index in [1.165, 1.54) is 11.1 Å². The summed E-state index contributed by atoms with van der Waals surface area (Å²) in [7, 11) is 0. The van der Waals surface area contributed by atoms with E-state index in [0.29, 0.717) is 0 Å². The molecule has 0 bridgehead atoms. The Kier molecular flexibility index (Phi) is 3.92. The van der Waals surface area contributed by atoms with Crippen molar-refractivity contribution in [2.45, 2.75) is 33.4 Å². The van der Waals surface area contributed by atoms with Crippen molar-refractivity contribution in [1.82, 2.24) is 4.98 Å². The van der Waals surface area contributed by atoms with Crippen LogP contribution in [0.3, 0.4) is 0 Å². The second-order valence-electron chi connectivity index (χ2n) is 4.72. The SMILES string of the molecule is Cc1cc(OC(C)C)ccc1NCc1cc[nH]c1. The Morgan fingerprint density at radius 1 is 1.28 bits per heavy atom. The van der Waals surface area contributed by atoms with Crippen LogP contribution < -0.4 is 10.1 Å². The van der Waals surface area contributed by atoms with Gasteiger partial charge in [0.1, 0.15) is 5.75 Å². The molecule has 0 spiro atoms. The van der Waals surface area contributed by atoms with Crippen LogP contribution in [0, 0.1) is 6.92 Å². The van der Waals surface area contributed by atoms with E-state index in [2.05, 4.69) is 35.4 Å². The minimum Gasteiger partial charge on any atom is -0.491 e. The number of hydrogen-bond acceptors (Lipinski definition) is 2. The summed E-state index contributed by atoms with van der Waals surface area (Å²) in [5.74, 6) is 0.926. The van der Waals surface area contributed by atoms with E-state index >= 15 is 0 Å². The van der Waals surface area contributed by atoms with Crippen LogP contribution >= 0.6 is 0 Å². The van der Waals surface area contributed by atoms with E-state index in [1.807, 2.05) is 32.3 Å². The summed E-state index contributed by atoms with van der Waals surface area (Å²) >= 11 is 0. The molecule has 0 amide bonds. The molecule has 0 atom stereocenters. The second-order valence-corrected chi connectivity index (χ2v) is 4.72. The minimum absolute atomic E-state index is 0.211. The topological polar surface area (TPSA) is 37.0 Å². The molecule has 0 unspecified atom stereocenters. The van der Waals surface area contributed by atoms with E-state index in [4.69, 9.17) is 4.74 Å². The second kappa shape index (κ2) is 5.63. The highest BCUT2D eigenvalue weighted by molar-refractivity contribution is 5.53. The van der Waals surface area contributed by atoms with Crippen molar-refractivity contribution in [1.29, 1.82) is 0 Å². The van der Waals surface area contributed by atoms with E-state index < -0.39 is 0 Å². The highest BCUT2D eigenvalue weighted by atomic mass is 16.5. The Labute approximate surface area is 108 Å². The zero-order valence-electron chi connectivity index (χ0n) is 11.2. The van der Waals surface area contributed by atoms with Crippen LogP contribution in [0.1, 0.15) is 25.0 Å². The van der Waals surface area contributed by atoms with Crippen LogP contribution in [-0.2, 0) is 6.54 Å². The predicted molar refractivity (Wildman–Crippen MR) is 75.1 cm³/mol. The summed E-state index contributed by atoms with van der Waals surface area (Å²) in [6.07, 6.45) is 4.14. The quantitative estimate of drug-likeness (QED) is 0.841. The van der Waals surface area contributed by atoms with E-state index in [9.17, 15) is 0 Å². The number of H-pyrrole nitrogens is 1. The van der Waals surface area contributed by atoms with Gasteiger partial charge in [-0.1, -0.05) is 0 Å². The van der Waals surface area contributed by atoms with Crippen LogP contribution in [-0.4, -0.2) is 11.1 Å². The average molecular weight is 244 g/mol. The van der Waals surface area contributed by atoms with Gasteiger partial charge in [-0.15, -0.1) is 0 Å². The van der Waals surface area contributed by atoms with Crippen LogP contribution in [0.15, 0.2) is 36.7 Å². The van der Waals surface area contributed by atoms with Crippen molar-refractivity contribution in [3.63, 3.8) is 0 Å². The summed E-state index contributed by atoms with van der Waals surface area (Å²) < 4.78 is 5.67. The van der Waals surface area contributed by atoms with Crippen molar-refractivity contribution in [2.75, 3.05) is 5.32 Å². The van der Waals surface area contributed by atoms with Gasteiger partial charge in [-0.25, -0.2) is 0 Å². The van der Waals surface area contributed by atoms with Gasteiger partial charge in [0.15, 0.2) is 0 Å². The van der Waals surface area contributed by atoms with E-state index in [-0.39, 0.29) is 6.10 Å². The molecule has 0 fully saturated rings. The molecule has 96 valence electrons. The molecule has 0 saturated heterocycles. The lowest BCUT2D eigenvalue weighted by molar-refractivity contribution is 0.242. The smallest absolute Gasteiger partial charge is 0.120 e. The summed E-state index contributed by atoms with van der Waals surface area (Å²) in [6, 6.07) is 8.21. The van der Waals surface area contributed by atoms with Gasteiger partial charge in [-0.2, -0.15) is 0 Å². The van der Waals surface area contributed by atoms with Gasteiger partial charge < -0.3 is 15.0 Å². The number of anilines is 1. The Morgan fingerprint density at radius 2 is 2.11 bits per heavy atom. The average Bonchev–Trinajstić information content (AvgIpc) is 2.80. The fourth-order valence-electron chi connectivity index (χ4n) is 1.85. The Bertz CT molecular complexity index is 489. The predicted octanol–water partition coefficient (Wildman–Crippen LogP) is 3.72. The van der Waals surface area contributed by atoms with Crippen LogP contribution in [0.25, 0.3) is 0 Å². The van der Waals surface area contributed by atoms with Crippen molar-refractivity contribution in [3.8, 4) is 5.75 Å². The largest absolute Gasteiger partial charge is 0.491 e. The Balaban J connectivity index is 2.01. The molecule has 3 nitrogen and oxygen atoms in total. The molecule has 1 aromatic heterocycles. The lowest BCUT2D eigenvalue weighted by Gasteiger charge is -2.13. The molecule has 0 aliphatic rings. The van der Waals surface area contributed by atoms with Crippen LogP contribution in [0.4, 0.5) is 5.69 Å². The molecular formula is C15H20N2O. The summed E-state index contributed by atoms with van der Waals surface area (Å²) in [4.78, 5) is 3.05. The van der Waals surface area contributed by atoms with E-state index in [1.54, 1.807) is 0 Å². The van der Waals surface area contributed by atoms with Gasteiger partial charge in [0.05, 0.1) is 6.10 Å². The third-order valence-electron chi connectivity index (χ3n) is 2.71. The van der Waals surface area contributed by atoms with Crippen molar-refractivity contribution < 1.29 is 4.74 Å². The van der Waals surface area contributed by atoms with Gasteiger partial charge in [0.25, 0.3) is 0 Å². The zero-order valence-corrected chi connectivity index (χ0v) is 11.2. The van der Waals surface area contributed by atoms with E-state index in [0.717, 1.165) is 18.0 Å². The molecule has 0 aliphatic carbocycles. The highest BCUT2D eigenvalue weighted by Gasteiger charge is 2.02. The molecule has 0 radical (unpaired) electrons. The Hall–Kier alpha value is -1.90. The molecule has 2 aromatic rings. The molecule has 18 heavy (non-hydrogen) atoms. The number of aromatic amines is 1. The van der Waals surface area contributed by atoms with Gasteiger partial charge in [0.2, 0.25) is 0 Å². The highest BCUT2D eigenvalue weighted by Crippen LogP contribution is 2.22. The number of aromatic nitrogens is 1. The number of nitrogens with one attached hydrogen (secondary N) is 2. The molecule has 2 N–H and O–H groups in total. The molecular weight excluding hydrogens is 224 g/mol. The number of aryl methyl sites for hydroxylation is 1. The maximum atomic E-state index is 5.67. The zero-order chi connectivity index (χ0) is 13.0. The first-order valence-electron chi connectivity index (χ1n) is 6.28. The standard InChI is InChI=1S/C15H20N2O/c1-11(2)18-14-4-5-15(12(3)8-14)17-10-13-6-7-16-9-13/h4-9,11,16-17H,10H2,1-3H3. The summed E-state index contributed by atoms with van der Waals surface area (Å²) in [5, 5.41) is 3.42. The monoisotopic (exact) mass is 244 g/mol. The molecule has 2 rings (SSSR count). The number of ether oxygens (including phenoxy) is 1. The van der Waals surface area contributed by atoms with Gasteiger partial charge in [-0.05, 0) is 56.2 Å². The summed E-state index contributed by atoms with van der Waals surface area (Å²) in [5.41, 5.74) is 3.59. The van der Waals surface area contributed by atoms with Crippen LogP contribution in [0.5, 0.6) is 5.75 Å². The van der Waals surface area contributed by atoms with Gasteiger partial charge >= 0.3 is 0 Å². The molecule has 0 aliphatic heterocycles. The van der Waals surface area contributed by atoms with Crippen LogP contribution in [0.2, 0.25) is 0 Å². The van der Waals surface area contributed by atoms with Crippen molar-refractivity contribution in [2.24, 2.45) is 0 Å². The first-order chi connectivity index (χ1) is 8.65. The molecule has 3 heteroatoms. The third kappa shape index (κ3) is 3.29. The fraction of sp³-hybridized carbons (Fsp3) is 0.333. The first kappa shape index (κ1) is 12.6. The van der Waals surface area contributed by atoms with Gasteiger partial charge in [0, 0.05) is 24.6 Å². The number of benzene rings is 1. The number of rotatable bonds is 5. The normalized spacial score (nSPS) is 10.7. The minimum atomic E-state index is 0.211. The molecule has 1 heterocycles. The lowest BCUT2D eigenvalue weighted by atomic mass is 10.2. The van der Waals surface area contributed by atoms with Gasteiger partial charge in [-0.3, -0.25) is 0 Å². The van der Waals surface area contributed by atoms with Crippen molar-refractivity contribution in [3.05, 3.63) is 47.8 Å². The third-order valence-corrected chi connectivity index (χ3v) is 2.71. The lowest BCUT2D eigenvalue weighted by Crippen LogP contribution is -2.06. The fourth-order valence-corrected chi connectivity index (χ4v) is 1.85. The Morgan fingerprint density at radius 3 is 2.72 bits per heavy atom. The maximum absolute atomic E-state index is 5.67. The molecule has 1 aromatic carbocycles. The number of hydrogen-bond donors (Lipinski definition) is 2. The van der Waals surface area contributed by atoms with Crippen molar-refractivity contribution >= 4 is 5.69 Å².